The third-order valence-electron chi connectivity index (χ3n) is 2.07. The molecule has 18 heavy (non-hydrogen) atoms. The quantitative estimate of drug-likeness (QED) is 0.771. The molecule has 0 aliphatic heterocycles. The van der Waals surface area contributed by atoms with Gasteiger partial charge in [0.15, 0.2) is 5.75 Å². The number of pyridine rings is 1. The lowest BCUT2D eigenvalue weighted by Crippen LogP contribution is -2.13. The predicted octanol–water partition coefficient (Wildman–Crippen LogP) is 2.08. The average molecular weight is 256 g/mol. The van der Waals surface area contributed by atoms with Gasteiger partial charge >= 0.3 is 5.97 Å². The molecule has 0 saturated heterocycles. The highest BCUT2D eigenvalue weighted by Gasteiger charge is 2.27. The molecule has 0 bridgehead atoms. The number of rotatable bonds is 4. The molecule has 0 aliphatic carbocycles. The van der Waals surface area contributed by atoms with Crippen molar-refractivity contribution in [2.45, 2.75) is 13.3 Å². The van der Waals surface area contributed by atoms with Crippen molar-refractivity contribution in [3.8, 4) is 11.8 Å². The van der Waals surface area contributed by atoms with Gasteiger partial charge in [0.05, 0.1) is 13.7 Å². The van der Waals surface area contributed by atoms with Crippen molar-refractivity contribution in [1.29, 1.82) is 5.26 Å². The zero-order valence-corrected chi connectivity index (χ0v) is 9.74. The van der Waals surface area contributed by atoms with Gasteiger partial charge in [-0.25, -0.2) is 13.6 Å². The van der Waals surface area contributed by atoms with Gasteiger partial charge in [0.2, 0.25) is 0 Å². The number of nitrogens with zero attached hydrogens (tertiary/aromatic N) is 2. The van der Waals surface area contributed by atoms with Crippen LogP contribution >= 0.6 is 0 Å². The van der Waals surface area contributed by atoms with Crippen molar-refractivity contribution in [3.63, 3.8) is 0 Å². The summed E-state index contributed by atoms with van der Waals surface area (Å²) in [5, 5.41) is 8.81. The summed E-state index contributed by atoms with van der Waals surface area (Å²) >= 11 is 0. The van der Waals surface area contributed by atoms with E-state index in [0.29, 0.717) is 0 Å². The standard InChI is InChI=1S/C11H10F2N2O3/c1-3-18-11(16)7-8(10(12)13)15-5-6(4-14)9(7)17-2/h5,10H,3H2,1-2H3. The Hall–Kier alpha value is -2.23. The van der Waals surface area contributed by atoms with E-state index in [-0.39, 0.29) is 17.9 Å². The molecule has 7 heteroatoms. The first-order valence-electron chi connectivity index (χ1n) is 4.99. The number of esters is 1. The number of alkyl halides is 2. The minimum atomic E-state index is -2.97. The van der Waals surface area contributed by atoms with Crippen molar-refractivity contribution in [2.24, 2.45) is 0 Å². The highest BCUT2D eigenvalue weighted by molar-refractivity contribution is 5.94. The number of halogens is 2. The van der Waals surface area contributed by atoms with Crippen molar-refractivity contribution in [1.82, 2.24) is 4.98 Å². The Morgan fingerprint density at radius 3 is 2.72 bits per heavy atom. The highest BCUT2D eigenvalue weighted by Crippen LogP contribution is 2.31. The maximum absolute atomic E-state index is 12.8. The monoisotopic (exact) mass is 256 g/mol. The van der Waals surface area contributed by atoms with Gasteiger partial charge in [0.1, 0.15) is 22.9 Å². The minimum Gasteiger partial charge on any atom is -0.494 e. The van der Waals surface area contributed by atoms with Crippen molar-refractivity contribution in [2.75, 3.05) is 13.7 Å². The molecule has 0 fully saturated rings. The molecular weight excluding hydrogens is 246 g/mol. The molecule has 0 amide bonds. The van der Waals surface area contributed by atoms with Gasteiger partial charge in [-0.1, -0.05) is 0 Å². The van der Waals surface area contributed by atoms with Crippen LogP contribution < -0.4 is 4.74 Å². The number of hydrogen-bond acceptors (Lipinski definition) is 5. The Balaban J connectivity index is 3.49. The molecule has 0 radical (unpaired) electrons. The molecule has 0 N–H and O–H groups in total. The van der Waals surface area contributed by atoms with Crippen LogP contribution in [0.5, 0.6) is 5.75 Å². The Morgan fingerprint density at radius 1 is 1.61 bits per heavy atom. The lowest BCUT2D eigenvalue weighted by atomic mass is 10.1. The molecule has 96 valence electrons. The Morgan fingerprint density at radius 2 is 2.28 bits per heavy atom. The van der Waals surface area contributed by atoms with Crippen LogP contribution in [0.4, 0.5) is 8.78 Å². The SMILES string of the molecule is CCOC(=O)c1c(C(F)F)ncc(C#N)c1OC. The summed E-state index contributed by atoms with van der Waals surface area (Å²) in [6.45, 7) is 1.55. The van der Waals surface area contributed by atoms with E-state index >= 15 is 0 Å². The summed E-state index contributed by atoms with van der Waals surface area (Å²) in [7, 11) is 1.17. The maximum Gasteiger partial charge on any atom is 0.344 e. The Labute approximate surface area is 102 Å². The molecule has 0 unspecified atom stereocenters. The number of hydrogen-bond donors (Lipinski definition) is 0. The van der Waals surface area contributed by atoms with Crippen LogP contribution in [-0.2, 0) is 4.74 Å². The normalized spacial score (nSPS) is 10.0. The van der Waals surface area contributed by atoms with E-state index < -0.39 is 23.7 Å². The fourth-order valence-corrected chi connectivity index (χ4v) is 1.37. The van der Waals surface area contributed by atoms with Crippen molar-refractivity contribution < 1.29 is 23.0 Å². The number of carbonyl (C=O) groups is 1. The number of ether oxygens (including phenoxy) is 2. The molecule has 0 aromatic carbocycles. The summed E-state index contributed by atoms with van der Waals surface area (Å²) in [6.07, 6.45) is -2.03. The molecule has 0 saturated carbocycles. The van der Waals surface area contributed by atoms with E-state index in [4.69, 9.17) is 10.00 Å². The summed E-state index contributed by atoms with van der Waals surface area (Å²) in [5.41, 5.74) is -1.37. The first-order valence-corrected chi connectivity index (χ1v) is 4.99. The molecule has 0 atom stereocenters. The van der Waals surface area contributed by atoms with E-state index in [9.17, 15) is 13.6 Å². The van der Waals surface area contributed by atoms with Gasteiger partial charge in [0, 0.05) is 6.20 Å². The predicted molar refractivity (Wildman–Crippen MR) is 56.4 cm³/mol. The third kappa shape index (κ3) is 2.53. The van der Waals surface area contributed by atoms with Crippen LogP contribution in [0, 0.1) is 11.3 Å². The van der Waals surface area contributed by atoms with Crippen molar-refractivity contribution >= 4 is 5.97 Å². The van der Waals surface area contributed by atoms with Crippen LogP contribution in [0.25, 0.3) is 0 Å². The van der Waals surface area contributed by atoms with Gasteiger partial charge in [-0.2, -0.15) is 5.26 Å². The summed E-state index contributed by atoms with van der Waals surface area (Å²) < 4.78 is 35.0. The minimum absolute atomic E-state index is 0.0153. The van der Waals surface area contributed by atoms with E-state index in [2.05, 4.69) is 9.72 Å². The van der Waals surface area contributed by atoms with E-state index in [1.807, 2.05) is 0 Å². The molecule has 1 aromatic rings. The van der Waals surface area contributed by atoms with Gasteiger partial charge < -0.3 is 9.47 Å². The Bertz CT molecular complexity index is 498. The fraction of sp³-hybridized carbons (Fsp3) is 0.364. The maximum atomic E-state index is 12.8. The summed E-state index contributed by atoms with van der Waals surface area (Å²) in [6, 6.07) is 1.71. The van der Waals surface area contributed by atoms with E-state index in [0.717, 1.165) is 6.20 Å². The zero-order valence-electron chi connectivity index (χ0n) is 9.74. The first kappa shape index (κ1) is 13.8. The lowest BCUT2D eigenvalue weighted by Gasteiger charge is -2.12. The number of aromatic nitrogens is 1. The largest absolute Gasteiger partial charge is 0.494 e. The molecule has 1 aromatic heterocycles. The molecular formula is C11H10F2N2O3. The van der Waals surface area contributed by atoms with E-state index in [1.165, 1.54) is 14.0 Å². The number of nitriles is 1. The van der Waals surface area contributed by atoms with Crippen LogP contribution in [0.15, 0.2) is 6.20 Å². The second kappa shape index (κ2) is 5.91. The number of methoxy groups -OCH3 is 1. The second-order valence-electron chi connectivity index (χ2n) is 3.10. The second-order valence-corrected chi connectivity index (χ2v) is 3.10. The zero-order chi connectivity index (χ0) is 13.7. The van der Waals surface area contributed by atoms with Gasteiger partial charge in [0.25, 0.3) is 6.43 Å². The molecule has 1 rings (SSSR count). The lowest BCUT2D eigenvalue weighted by molar-refractivity contribution is 0.0509. The molecule has 5 nitrogen and oxygen atoms in total. The summed E-state index contributed by atoms with van der Waals surface area (Å²) in [5.74, 6) is -1.24. The van der Waals surface area contributed by atoms with Crippen LogP contribution in [-0.4, -0.2) is 24.7 Å². The van der Waals surface area contributed by atoms with Crippen LogP contribution in [0.3, 0.4) is 0 Å². The average Bonchev–Trinajstić information content (AvgIpc) is 2.36. The van der Waals surface area contributed by atoms with Crippen LogP contribution in [0.1, 0.15) is 35.0 Å². The number of carbonyl (C=O) groups excluding carboxylic acids is 1. The topological polar surface area (TPSA) is 72.2 Å². The summed E-state index contributed by atoms with van der Waals surface area (Å²) in [4.78, 5) is 15.0. The van der Waals surface area contributed by atoms with Crippen molar-refractivity contribution in [3.05, 3.63) is 23.0 Å². The van der Waals surface area contributed by atoms with Gasteiger partial charge in [-0.05, 0) is 6.92 Å². The van der Waals surface area contributed by atoms with Crippen LogP contribution in [0.2, 0.25) is 0 Å². The van der Waals surface area contributed by atoms with E-state index in [1.54, 1.807) is 6.07 Å². The Kier molecular flexibility index (Phi) is 4.54. The molecule has 0 aliphatic rings. The van der Waals surface area contributed by atoms with Gasteiger partial charge in [-0.3, -0.25) is 4.98 Å². The molecule has 1 heterocycles. The van der Waals surface area contributed by atoms with Gasteiger partial charge in [-0.15, -0.1) is 0 Å². The smallest absolute Gasteiger partial charge is 0.344 e. The first-order chi connectivity index (χ1) is 8.56. The fourth-order valence-electron chi connectivity index (χ4n) is 1.37. The molecule has 0 spiro atoms. The highest BCUT2D eigenvalue weighted by atomic mass is 19.3. The third-order valence-corrected chi connectivity index (χ3v) is 2.07.